The summed E-state index contributed by atoms with van der Waals surface area (Å²) in [6.45, 7) is 7.27. The fourth-order valence-corrected chi connectivity index (χ4v) is 3.30. The Bertz CT molecular complexity index is 627. The maximum Gasteiger partial charge on any atom is 0.410 e. The minimum atomic E-state index is -0.445. The number of hydrogen-bond donors (Lipinski definition) is 0. The third-order valence-corrected chi connectivity index (χ3v) is 4.21. The van der Waals surface area contributed by atoms with Crippen molar-refractivity contribution >= 4 is 11.8 Å². The molecule has 3 rings (SSSR count). The van der Waals surface area contributed by atoms with Crippen molar-refractivity contribution in [1.29, 1.82) is 0 Å². The van der Waals surface area contributed by atoms with Gasteiger partial charge in [-0.25, -0.2) is 4.79 Å². The minimum Gasteiger partial charge on any atom is -0.444 e. The Morgan fingerprint density at radius 3 is 2.68 bits per heavy atom. The van der Waals surface area contributed by atoms with E-state index in [4.69, 9.17) is 11.2 Å². The van der Waals surface area contributed by atoms with Crippen LogP contribution in [-0.2, 0) is 4.74 Å². The van der Waals surface area contributed by atoms with E-state index in [1.165, 1.54) is 0 Å². The highest BCUT2D eigenvalue weighted by Crippen LogP contribution is 2.35. The summed E-state index contributed by atoms with van der Waals surface area (Å²) in [6.07, 6.45) is 6.28. The number of rotatable bonds is 1. The molecule has 116 valence electrons. The van der Waals surface area contributed by atoms with Gasteiger partial charge in [-0.05, 0) is 45.4 Å². The lowest BCUT2D eigenvalue weighted by Gasteiger charge is -2.36. The molecule has 4 heteroatoms. The average molecular weight is 298 g/mol. The maximum absolute atomic E-state index is 12.3. The summed E-state index contributed by atoms with van der Waals surface area (Å²) in [5, 5.41) is 0. The van der Waals surface area contributed by atoms with Crippen molar-refractivity contribution in [2.24, 2.45) is 0 Å². The van der Waals surface area contributed by atoms with Crippen molar-refractivity contribution < 1.29 is 9.53 Å². The smallest absolute Gasteiger partial charge is 0.410 e. The SMILES string of the molecule is C#Cc1cccc(N2C[C@@H]3C[C@H]2CN3C(=O)OC(C)(C)C)c1. The monoisotopic (exact) mass is 298 g/mol. The number of fused-ring (bicyclic) bond motifs is 2. The van der Waals surface area contributed by atoms with Crippen molar-refractivity contribution in [3.8, 4) is 12.3 Å². The highest BCUT2D eigenvalue weighted by Gasteiger charge is 2.46. The Balaban J connectivity index is 1.69. The molecule has 1 aromatic rings. The number of nitrogens with zero attached hydrogens (tertiary/aromatic N) is 2. The van der Waals surface area contributed by atoms with Crippen LogP contribution in [0.5, 0.6) is 0 Å². The summed E-state index contributed by atoms with van der Waals surface area (Å²) in [5.41, 5.74) is 1.59. The number of anilines is 1. The van der Waals surface area contributed by atoms with Crippen molar-refractivity contribution in [2.75, 3.05) is 18.0 Å². The predicted molar refractivity (Wildman–Crippen MR) is 86.9 cm³/mol. The molecule has 2 fully saturated rings. The highest BCUT2D eigenvalue weighted by molar-refractivity contribution is 5.70. The number of terminal acetylenes is 1. The second-order valence-corrected chi connectivity index (χ2v) is 7.02. The number of amides is 1. The Morgan fingerprint density at radius 2 is 2.09 bits per heavy atom. The maximum atomic E-state index is 12.3. The topological polar surface area (TPSA) is 32.8 Å². The molecule has 1 amide bonds. The van der Waals surface area contributed by atoms with Gasteiger partial charge in [0.15, 0.2) is 0 Å². The lowest BCUT2D eigenvalue weighted by Crippen LogP contribution is -2.50. The van der Waals surface area contributed by atoms with Gasteiger partial charge in [-0.15, -0.1) is 6.42 Å². The molecule has 2 aliphatic rings. The summed E-state index contributed by atoms with van der Waals surface area (Å²) in [6, 6.07) is 8.63. The van der Waals surface area contributed by atoms with Gasteiger partial charge in [0, 0.05) is 30.4 Å². The first-order valence-electron chi connectivity index (χ1n) is 7.70. The second kappa shape index (κ2) is 5.24. The van der Waals surface area contributed by atoms with Crippen LogP contribution in [0, 0.1) is 12.3 Å². The molecule has 22 heavy (non-hydrogen) atoms. The lowest BCUT2D eigenvalue weighted by atomic mass is 10.1. The van der Waals surface area contributed by atoms with Crippen LogP contribution in [-0.4, -0.2) is 41.8 Å². The predicted octanol–water partition coefficient (Wildman–Crippen LogP) is 2.87. The van der Waals surface area contributed by atoms with E-state index in [1.54, 1.807) is 0 Å². The van der Waals surface area contributed by atoms with Crippen molar-refractivity contribution in [1.82, 2.24) is 4.90 Å². The van der Waals surface area contributed by atoms with Gasteiger partial charge >= 0.3 is 6.09 Å². The van der Waals surface area contributed by atoms with Crippen LogP contribution in [0.4, 0.5) is 10.5 Å². The number of benzene rings is 1. The summed E-state index contributed by atoms with van der Waals surface area (Å²) in [7, 11) is 0. The Labute approximate surface area is 132 Å². The van der Waals surface area contributed by atoms with Crippen LogP contribution >= 0.6 is 0 Å². The first kappa shape index (κ1) is 14.8. The Kier molecular flexibility index (Phi) is 3.52. The molecule has 2 saturated heterocycles. The van der Waals surface area contributed by atoms with Gasteiger partial charge in [0.25, 0.3) is 0 Å². The summed E-state index contributed by atoms with van der Waals surface area (Å²) in [4.78, 5) is 16.5. The molecular weight excluding hydrogens is 276 g/mol. The molecule has 0 radical (unpaired) electrons. The minimum absolute atomic E-state index is 0.197. The van der Waals surface area contributed by atoms with E-state index in [2.05, 4.69) is 16.9 Å². The highest BCUT2D eigenvalue weighted by atomic mass is 16.6. The van der Waals surface area contributed by atoms with Gasteiger partial charge in [-0.3, -0.25) is 0 Å². The van der Waals surface area contributed by atoms with E-state index < -0.39 is 5.60 Å². The molecule has 0 unspecified atom stereocenters. The molecular formula is C18H22N2O2. The van der Waals surface area contributed by atoms with Crippen LogP contribution in [0.25, 0.3) is 0 Å². The molecule has 1 aromatic carbocycles. The summed E-state index contributed by atoms with van der Waals surface area (Å²) < 4.78 is 5.49. The molecule has 0 aromatic heterocycles. The molecule has 2 bridgehead atoms. The van der Waals surface area contributed by atoms with Gasteiger partial charge in [-0.2, -0.15) is 0 Å². The van der Waals surface area contributed by atoms with Gasteiger partial charge < -0.3 is 14.5 Å². The van der Waals surface area contributed by atoms with E-state index in [0.717, 1.165) is 30.8 Å². The van der Waals surface area contributed by atoms with E-state index in [9.17, 15) is 4.79 Å². The lowest BCUT2D eigenvalue weighted by molar-refractivity contribution is 0.0215. The van der Waals surface area contributed by atoms with Gasteiger partial charge in [0.2, 0.25) is 0 Å². The van der Waals surface area contributed by atoms with Crippen LogP contribution < -0.4 is 4.90 Å². The number of carbonyl (C=O) groups is 1. The average Bonchev–Trinajstić information content (AvgIpc) is 3.05. The molecule has 0 aliphatic carbocycles. The number of carbonyl (C=O) groups excluding carboxylic acids is 1. The first-order chi connectivity index (χ1) is 10.4. The van der Waals surface area contributed by atoms with E-state index >= 15 is 0 Å². The molecule has 2 aliphatic heterocycles. The van der Waals surface area contributed by atoms with Gasteiger partial charge in [0.05, 0.1) is 6.04 Å². The first-order valence-corrected chi connectivity index (χ1v) is 7.70. The Hall–Kier alpha value is -2.15. The summed E-state index contributed by atoms with van der Waals surface area (Å²) in [5.74, 6) is 2.68. The Morgan fingerprint density at radius 1 is 1.32 bits per heavy atom. The standard InChI is InChI=1S/C18H22N2O2/c1-5-13-7-6-8-14(9-13)19-11-16-10-15(19)12-20(16)17(21)22-18(2,3)4/h1,6-9,15-16H,10-12H2,2-4H3/t15-,16-/m0/s1. The number of likely N-dealkylation sites (tertiary alicyclic amines) is 1. The summed E-state index contributed by atoms with van der Waals surface area (Å²) >= 11 is 0. The fraction of sp³-hybridized carbons (Fsp3) is 0.500. The zero-order chi connectivity index (χ0) is 15.9. The molecule has 0 N–H and O–H groups in total. The second-order valence-electron chi connectivity index (χ2n) is 7.02. The fourth-order valence-electron chi connectivity index (χ4n) is 3.30. The van der Waals surface area contributed by atoms with Crippen molar-refractivity contribution in [3.63, 3.8) is 0 Å². The molecule has 0 spiro atoms. The van der Waals surface area contributed by atoms with Gasteiger partial charge in [0.1, 0.15) is 5.60 Å². The molecule has 0 saturated carbocycles. The quantitative estimate of drug-likeness (QED) is 0.747. The zero-order valence-corrected chi connectivity index (χ0v) is 13.4. The van der Waals surface area contributed by atoms with E-state index in [-0.39, 0.29) is 12.1 Å². The normalized spacial score (nSPS) is 23.5. The van der Waals surface area contributed by atoms with E-state index in [1.807, 2.05) is 43.9 Å². The third kappa shape index (κ3) is 2.76. The van der Waals surface area contributed by atoms with Crippen LogP contribution in [0.15, 0.2) is 24.3 Å². The molecule has 2 heterocycles. The van der Waals surface area contributed by atoms with Crippen molar-refractivity contribution in [2.45, 2.75) is 44.9 Å². The number of piperazine rings is 1. The van der Waals surface area contributed by atoms with Crippen LogP contribution in [0.3, 0.4) is 0 Å². The largest absolute Gasteiger partial charge is 0.444 e. The zero-order valence-electron chi connectivity index (χ0n) is 13.4. The number of hydrogen-bond acceptors (Lipinski definition) is 3. The van der Waals surface area contributed by atoms with Crippen LogP contribution in [0.1, 0.15) is 32.8 Å². The van der Waals surface area contributed by atoms with E-state index in [0.29, 0.717) is 6.04 Å². The molecule has 2 atom stereocenters. The number of ether oxygens (including phenoxy) is 1. The third-order valence-electron chi connectivity index (χ3n) is 4.21. The van der Waals surface area contributed by atoms with Crippen molar-refractivity contribution in [3.05, 3.63) is 29.8 Å². The van der Waals surface area contributed by atoms with Gasteiger partial charge in [-0.1, -0.05) is 12.0 Å². The molecule has 4 nitrogen and oxygen atoms in total. The van der Waals surface area contributed by atoms with Crippen LogP contribution in [0.2, 0.25) is 0 Å².